The van der Waals surface area contributed by atoms with Crippen molar-refractivity contribution in [1.82, 2.24) is 15.2 Å². The predicted molar refractivity (Wildman–Crippen MR) is 155 cm³/mol. The standard InChI is InChI=1S/C27H37ClN6O5S/c1-17-13-19(17)16-34(11-12-37-4)22-14-20(23(28)24(30-22)33(3)40(6,35)36)25-31-32-26(39-25)27(2,29)15-18-9-7-8-10-21(18)38-5/h7-10,14,17,19H,11-13,15-16,29H2,1-6H3/t17-,19+,27+/m0/s1. The van der Waals surface area contributed by atoms with E-state index in [9.17, 15) is 8.42 Å². The Morgan fingerprint density at radius 1 is 1.25 bits per heavy atom. The molecule has 1 fully saturated rings. The van der Waals surface area contributed by atoms with Crippen molar-refractivity contribution in [2.75, 3.05) is 56.4 Å². The fourth-order valence-corrected chi connectivity index (χ4v) is 5.31. The van der Waals surface area contributed by atoms with Gasteiger partial charge in [-0.05, 0) is 42.9 Å². The number of ether oxygens (including phenoxy) is 2. The van der Waals surface area contributed by atoms with Crippen LogP contribution in [0, 0.1) is 11.8 Å². The summed E-state index contributed by atoms with van der Waals surface area (Å²) in [6.45, 7) is 5.78. The van der Waals surface area contributed by atoms with E-state index in [2.05, 4.69) is 27.0 Å². The second kappa shape index (κ2) is 11.9. The third-order valence-corrected chi connectivity index (χ3v) is 8.78. The van der Waals surface area contributed by atoms with Gasteiger partial charge < -0.3 is 24.5 Å². The molecule has 1 saturated carbocycles. The first kappa shape index (κ1) is 30.0. The quantitative estimate of drug-likeness (QED) is 0.312. The normalized spacial score (nSPS) is 18.3. The van der Waals surface area contributed by atoms with E-state index in [4.69, 9.17) is 31.2 Å². The molecule has 3 aromatic rings. The van der Waals surface area contributed by atoms with E-state index in [0.717, 1.165) is 29.1 Å². The molecule has 0 aliphatic heterocycles. The zero-order chi connectivity index (χ0) is 29.2. The molecular formula is C27H37ClN6O5S. The van der Waals surface area contributed by atoms with Crippen LogP contribution in [0.3, 0.4) is 0 Å². The molecule has 11 nitrogen and oxygen atoms in total. The maximum absolute atomic E-state index is 12.5. The molecule has 3 atom stereocenters. The average Bonchev–Trinajstić information content (AvgIpc) is 3.36. The Morgan fingerprint density at radius 2 is 1.95 bits per heavy atom. The summed E-state index contributed by atoms with van der Waals surface area (Å²) in [5, 5.41) is 8.57. The number of anilines is 2. The molecule has 1 aliphatic carbocycles. The molecule has 4 rings (SSSR count). The van der Waals surface area contributed by atoms with Crippen molar-refractivity contribution < 1.29 is 22.3 Å². The van der Waals surface area contributed by atoms with Gasteiger partial charge in [-0.2, -0.15) is 0 Å². The number of sulfonamides is 1. The molecule has 2 aromatic heterocycles. The molecule has 1 aliphatic rings. The minimum Gasteiger partial charge on any atom is -0.496 e. The molecule has 2 N–H and O–H groups in total. The van der Waals surface area contributed by atoms with Crippen LogP contribution in [0.5, 0.6) is 5.75 Å². The van der Waals surface area contributed by atoms with E-state index in [-0.39, 0.29) is 22.6 Å². The zero-order valence-electron chi connectivity index (χ0n) is 23.7. The van der Waals surface area contributed by atoms with Crippen molar-refractivity contribution in [3.05, 3.63) is 46.8 Å². The molecule has 0 saturated heterocycles. The fraction of sp³-hybridized carbons (Fsp3) is 0.519. The molecule has 0 bridgehead atoms. The highest BCUT2D eigenvalue weighted by Crippen LogP contribution is 2.41. The van der Waals surface area contributed by atoms with E-state index in [0.29, 0.717) is 48.5 Å². The van der Waals surface area contributed by atoms with Crippen LogP contribution in [0.15, 0.2) is 34.7 Å². The lowest BCUT2D eigenvalue weighted by molar-refractivity contribution is 0.204. The van der Waals surface area contributed by atoms with Crippen LogP contribution in [0.1, 0.15) is 31.7 Å². The van der Waals surface area contributed by atoms with Crippen molar-refractivity contribution in [2.24, 2.45) is 17.6 Å². The summed E-state index contributed by atoms with van der Waals surface area (Å²) < 4.78 is 42.9. The second-order valence-electron chi connectivity index (χ2n) is 10.6. The van der Waals surface area contributed by atoms with E-state index in [1.165, 1.54) is 7.05 Å². The molecule has 1 aromatic carbocycles. The fourth-order valence-electron chi connectivity index (χ4n) is 4.51. The number of nitrogens with two attached hydrogens (primary N) is 1. The minimum absolute atomic E-state index is 0.0622. The van der Waals surface area contributed by atoms with Crippen LogP contribution in [0.25, 0.3) is 11.5 Å². The first-order valence-corrected chi connectivity index (χ1v) is 15.2. The number of rotatable bonds is 13. The van der Waals surface area contributed by atoms with Gasteiger partial charge in [0.2, 0.25) is 21.8 Å². The highest BCUT2D eigenvalue weighted by atomic mass is 35.5. The van der Waals surface area contributed by atoms with Gasteiger partial charge in [0, 0.05) is 33.7 Å². The monoisotopic (exact) mass is 592 g/mol. The maximum atomic E-state index is 12.5. The SMILES string of the molecule is COCCN(C[C@H]1C[C@@H]1C)c1cc(-c2nnc([C@](C)(N)Cc3ccccc3OC)o2)c(Cl)c(N(C)S(C)(=O)=O)n1. The third-order valence-electron chi connectivity index (χ3n) is 7.24. The Balaban J connectivity index is 1.76. The van der Waals surface area contributed by atoms with Gasteiger partial charge in [0.15, 0.2) is 5.82 Å². The van der Waals surface area contributed by atoms with Gasteiger partial charge in [-0.3, -0.25) is 4.31 Å². The molecule has 218 valence electrons. The average molecular weight is 593 g/mol. The van der Waals surface area contributed by atoms with E-state index in [1.807, 2.05) is 24.3 Å². The van der Waals surface area contributed by atoms with Crippen LogP contribution in [0.2, 0.25) is 5.02 Å². The molecule has 0 amide bonds. The van der Waals surface area contributed by atoms with Gasteiger partial charge in [0.25, 0.3) is 0 Å². The Hall–Kier alpha value is -2.93. The predicted octanol–water partition coefficient (Wildman–Crippen LogP) is 3.71. The zero-order valence-corrected chi connectivity index (χ0v) is 25.3. The van der Waals surface area contributed by atoms with E-state index < -0.39 is 15.6 Å². The maximum Gasteiger partial charge on any atom is 0.249 e. The van der Waals surface area contributed by atoms with Crippen LogP contribution >= 0.6 is 11.6 Å². The Morgan fingerprint density at radius 3 is 2.58 bits per heavy atom. The second-order valence-corrected chi connectivity index (χ2v) is 13.0. The van der Waals surface area contributed by atoms with Gasteiger partial charge in [-0.25, -0.2) is 13.4 Å². The van der Waals surface area contributed by atoms with E-state index >= 15 is 0 Å². The van der Waals surface area contributed by atoms with Crippen molar-refractivity contribution in [2.45, 2.75) is 32.2 Å². The van der Waals surface area contributed by atoms with Crippen LogP contribution in [0.4, 0.5) is 11.6 Å². The van der Waals surface area contributed by atoms with Gasteiger partial charge >= 0.3 is 0 Å². The van der Waals surface area contributed by atoms with Crippen LogP contribution in [-0.2, 0) is 26.7 Å². The number of benzene rings is 1. The number of halogens is 1. The van der Waals surface area contributed by atoms with Crippen LogP contribution in [-0.4, -0.2) is 70.8 Å². The van der Waals surface area contributed by atoms with Crippen molar-refractivity contribution in [3.63, 3.8) is 0 Å². The summed E-state index contributed by atoms with van der Waals surface area (Å²) in [5.41, 5.74) is 6.88. The van der Waals surface area contributed by atoms with Gasteiger partial charge in [-0.1, -0.05) is 36.7 Å². The van der Waals surface area contributed by atoms with Crippen molar-refractivity contribution in [3.8, 4) is 17.2 Å². The molecule has 13 heteroatoms. The largest absolute Gasteiger partial charge is 0.496 e. The Labute approximate surface area is 240 Å². The first-order valence-electron chi connectivity index (χ1n) is 13.0. The topological polar surface area (TPSA) is 137 Å². The molecule has 40 heavy (non-hydrogen) atoms. The number of hydrogen-bond acceptors (Lipinski definition) is 10. The highest BCUT2D eigenvalue weighted by Gasteiger charge is 2.35. The number of aromatic nitrogens is 3. The summed E-state index contributed by atoms with van der Waals surface area (Å²) in [4.78, 5) is 6.74. The summed E-state index contributed by atoms with van der Waals surface area (Å²) in [6, 6.07) is 9.32. The third kappa shape index (κ3) is 6.68. The number of pyridine rings is 1. The Bertz CT molecular complexity index is 1450. The minimum atomic E-state index is -3.67. The summed E-state index contributed by atoms with van der Waals surface area (Å²) in [7, 11) is 0.973. The van der Waals surface area contributed by atoms with Crippen LogP contribution < -0.4 is 19.7 Å². The summed E-state index contributed by atoms with van der Waals surface area (Å²) in [5.74, 6) is 2.72. The first-order chi connectivity index (χ1) is 18.9. The van der Waals surface area contributed by atoms with Gasteiger partial charge in [0.05, 0.1) is 36.1 Å². The number of methoxy groups -OCH3 is 2. The molecule has 0 spiro atoms. The Kier molecular flexibility index (Phi) is 8.93. The van der Waals surface area contributed by atoms with E-state index in [1.54, 1.807) is 27.2 Å². The van der Waals surface area contributed by atoms with Gasteiger partial charge in [0.1, 0.15) is 11.6 Å². The lowest BCUT2D eigenvalue weighted by Gasteiger charge is -2.26. The molecule has 2 heterocycles. The molecule has 0 unspecified atom stereocenters. The van der Waals surface area contributed by atoms with Crippen molar-refractivity contribution >= 4 is 33.3 Å². The smallest absolute Gasteiger partial charge is 0.249 e. The van der Waals surface area contributed by atoms with Crippen molar-refractivity contribution in [1.29, 1.82) is 0 Å². The number of nitrogens with zero attached hydrogens (tertiary/aromatic N) is 5. The van der Waals surface area contributed by atoms with Gasteiger partial charge in [-0.15, -0.1) is 10.2 Å². The number of hydrogen-bond donors (Lipinski definition) is 1. The number of para-hydroxylation sites is 1. The lowest BCUT2D eigenvalue weighted by atomic mass is 9.93. The highest BCUT2D eigenvalue weighted by molar-refractivity contribution is 7.92. The molecule has 0 radical (unpaired) electrons. The molecular weight excluding hydrogens is 556 g/mol. The summed E-state index contributed by atoms with van der Waals surface area (Å²) in [6.07, 6.45) is 2.59. The summed E-state index contributed by atoms with van der Waals surface area (Å²) >= 11 is 6.77. The lowest BCUT2D eigenvalue weighted by Crippen LogP contribution is -2.36.